The Morgan fingerprint density at radius 1 is 1.11 bits per heavy atom. The van der Waals surface area contributed by atoms with Crippen LogP contribution in [0.4, 0.5) is 11.4 Å². The molecule has 0 bridgehead atoms. The summed E-state index contributed by atoms with van der Waals surface area (Å²) in [6.07, 6.45) is 8.99. The van der Waals surface area contributed by atoms with Gasteiger partial charge in [-0.25, -0.2) is 8.42 Å². The number of pyridine rings is 1. The standard InChI is InChI=1S/C20H26N4O3S/c1-24(28(26,27)19-8-5-13-21-14-19)15-20(25)23-18-11-9-17(10-12-18)22-16-6-3-2-4-7-16/h5,8-14,16,22H,2-4,6-7,15H2,1H3,(H,23,25). The van der Waals surface area contributed by atoms with Gasteiger partial charge in [0.25, 0.3) is 0 Å². The topological polar surface area (TPSA) is 91.4 Å². The number of benzene rings is 1. The maximum Gasteiger partial charge on any atom is 0.244 e. The molecule has 8 heteroatoms. The molecule has 0 radical (unpaired) electrons. The Labute approximate surface area is 166 Å². The number of carbonyl (C=O) groups is 1. The van der Waals surface area contributed by atoms with Gasteiger partial charge in [-0.2, -0.15) is 4.31 Å². The largest absolute Gasteiger partial charge is 0.382 e. The third-order valence-electron chi connectivity index (χ3n) is 4.85. The maximum absolute atomic E-state index is 12.5. The molecule has 0 saturated heterocycles. The number of hydrogen-bond donors (Lipinski definition) is 2. The van der Waals surface area contributed by atoms with Gasteiger partial charge in [0.1, 0.15) is 4.90 Å². The Kier molecular flexibility index (Phi) is 6.64. The molecule has 2 aromatic rings. The van der Waals surface area contributed by atoms with Crippen molar-refractivity contribution >= 4 is 27.3 Å². The molecule has 0 atom stereocenters. The van der Waals surface area contributed by atoms with Crippen molar-refractivity contribution in [3.05, 3.63) is 48.8 Å². The van der Waals surface area contributed by atoms with Crippen LogP contribution >= 0.6 is 0 Å². The van der Waals surface area contributed by atoms with Gasteiger partial charge in [0.05, 0.1) is 6.54 Å². The number of nitrogens with one attached hydrogen (secondary N) is 2. The van der Waals surface area contributed by atoms with Gasteiger partial charge in [-0.05, 0) is 49.2 Å². The van der Waals surface area contributed by atoms with Crippen LogP contribution < -0.4 is 10.6 Å². The van der Waals surface area contributed by atoms with Gasteiger partial charge in [0.2, 0.25) is 15.9 Å². The Bertz CT molecular complexity index is 879. The minimum absolute atomic E-state index is 0.0587. The third kappa shape index (κ3) is 5.30. The molecule has 0 aliphatic heterocycles. The van der Waals surface area contributed by atoms with Gasteiger partial charge in [-0.15, -0.1) is 0 Å². The zero-order valence-corrected chi connectivity index (χ0v) is 16.8. The van der Waals surface area contributed by atoms with Crippen molar-refractivity contribution in [2.75, 3.05) is 24.2 Å². The molecule has 150 valence electrons. The van der Waals surface area contributed by atoms with Crippen LogP contribution in [0.25, 0.3) is 0 Å². The fourth-order valence-corrected chi connectivity index (χ4v) is 4.39. The highest BCUT2D eigenvalue weighted by Gasteiger charge is 2.23. The summed E-state index contributed by atoms with van der Waals surface area (Å²) in [5.41, 5.74) is 1.66. The second-order valence-corrected chi connectivity index (χ2v) is 9.10. The van der Waals surface area contributed by atoms with Crippen molar-refractivity contribution in [1.82, 2.24) is 9.29 Å². The highest BCUT2D eigenvalue weighted by molar-refractivity contribution is 7.89. The van der Waals surface area contributed by atoms with Crippen LogP contribution in [0.2, 0.25) is 0 Å². The molecule has 0 spiro atoms. The van der Waals surface area contributed by atoms with Crippen molar-refractivity contribution in [3.63, 3.8) is 0 Å². The third-order valence-corrected chi connectivity index (χ3v) is 6.64. The van der Waals surface area contributed by atoms with Crippen LogP contribution in [-0.2, 0) is 14.8 Å². The first kappa shape index (κ1) is 20.3. The van der Waals surface area contributed by atoms with Crippen LogP contribution in [0.5, 0.6) is 0 Å². The summed E-state index contributed by atoms with van der Waals surface area (Å²) < 4.78 is 25.9. The van der Waals surface area contributed by atoms with Gasteiger partial charge in [0.15, 0.2) is 0 Å². The first-order valence-corrected chi connectivity index (χ1v) is 10.9. The van der Waals surface area contributed by atoms with E-state index in [2.05, 4.69) is 15.6 Å². The number of hydrogen-bond acceptors (Lipinski definition) is 5. The van der Waals surface area contributed by atoms with E-state index in [0.29, 0.717) is 11.7 Å². The molecule has 2 N–H and O–H groups in total. The number of aromatic nitrogens is 1. The molecule has 7 nitrogen and oxygen atoms in total. The predicted octanol–water partition coefficient (Wildman–Crippen LogP) is 3.09. The van der Waals surface area contributed by atoms with Crippen molar-refractivity contribution < 1.29 is 13.2 Å². The van der Waals surface area contributed by atoms with E-state index in [0.717, 1.165) is 9.99 Å². The molecule has 1 aromatic heterocycles. The second kappa shape index (κ2) is 9.16. The van der Waals surface area contributed by atoms with Crippen LogP contribution in [-0.4, -0.2) is 43.2 Å². The van der Waals surface area contributed by atoms with Crippen LogP contribution in [0, 0.1) is 0 Å². The summed E-state index contributed by atoms with van der Waals surface area (Å²) in [5.74, 6) is -0.400. The molecule has 0 unspecified atom stereocenters. The van der Waals surface area contributed by atoms with Crippen LogP contribution in [0.15, 0.2) is 53.7 Å². The average molecular weight is 403 g/mol. The molecule has 1 amide bonds. The summed E-state index contributed by atoms with van der Waals surface area (Å²) in [7, 11) is -2.38. The van der Waals surface area contributed by atoms with E-state index >= 15 is 0 Å². The first-order chi connectivity index (χ1) is 13.4. The summed E-state index contributed by atoms with van der Waals surface area (Å²) in [6, 6.07) is 11.0. The van der Waals surface area contributed by atoms with Crippen LogP contribution in [0.3, 0.4) is 0 Å². The van der Waals surface area contributed by atoms with Crippen molar-refractivity contribution in [2.24, 2.45) is 0 Å². The number of carbonyl (C=O) groups excluding carboxylic acids is 1. The molecule has 1 fully saturated rings. The highest BCUT2D eigenvalue weighted by atomic mass is 32.2. The fraction of sp³-hybridized carbons (Fsp3) is 0.400. The molecule has 1 aromatic carbocycles. The second-order valence-electron chi connectivity index (χ2n) is 7.05. The summed E-state index contributed by atoms with van der Waals surface area (Å²) in [4.78, 5) is 16.1. The molecule has 28 heavy (non-hydrogen) atoms. The summed E-state index contributed by atoms with van der Waals surface area (Å²) in [6.45, 7) is -0.278. The summed E-state index contributed by atoms with van der Waals surface area (Å²) >= 11 is 0. The Morgan fingerprint density at radius 2 is 1.79 bits per heavy atom. The normalized spacial score (nSPS) is 15.4. The molecule has 3 rings (SSSR count). The Morgan fingerprint density at radius 3 is 2.43 bits per heavy atom. The molecule has 1 aliphatic carbocycles. The lowest BCUT2D eigenvalue weighted by atomic mass is 9.95. The zero-order chi connectivity index (χ0) is 20.0. The number of nitrogens with zero attached hydrogens (tertiary/aromatic N) is 2. The summed E-state index contributed by atoms with van der Waals surface area (Å²) in [5, 5.41) is 6.26. The number of sulfonamides is 1. The van der Waals surface area contributed by atoms with Crippen molar-refractivity contribution in [3.8, 4) is 0 Å². The number of amides is 1. The predicted molar refractivity (Wildman–Crippen MR) is 110 cm³/mol. The van der Waals surface area contributed by atoms with E-state index < -0.39 is 15.9 Å². The lowest BCUT2D eigenvalue weighted by Crippen LogP contribution is -2.35. The van der Waals surface area contributed by atoms with E-state index in [4.69, 9.17) is 0 Å². The van der Waals surface area contributed by atoms with E-state index in [1.807, 2.05) is 24.3 Å². The minimum Gasteiger partial charge on any atom is -0.382 e. The quantitative estimate of drug-likeness (QED) is 0.743. The molecular weight excluding hydrogens is 376 g/mol. The van der Waals surface area contributed by atoms with E-state index in [1.54, 1.807) is 6.07 Å². The number of likely N-dealkylation sites (N-methyl/N-ethyl adjacent to an activating group) is 1. The molecule has 1 aliphatic rings. The number of anilines is 2. The lowest BCUT2D eigenvalue weighted by molar-refractivity contribution is -0.116. The lowest BCUT2D eigenvalue weighted by Gasteiger charge is -2.24. The Balaban J connectivity index is 1.54. The first-order valence-electron chi connectivity index (χ1n) is 9.48. The van der Waals surface area contributed by atoms with Gasteiger partial charge < -0.3 is 10.6 Å². The fourth-order valence-electron chi connectivity index (χ4n) is 3.30. The van der Waals surface area contributed by atoms with Crippen LogP contribution in [0.1, 0.15) is 32.1 Å². The van der Waals surface area contributed by atoms with Gasteiger partial charge in [0, 0.05) is 36.9 Å². The Hall–Kier alpha value is -2.45. The minimum atomic E-state index is -3.75. The monoisotopic (exact) mass is 402 g/mol. The van der Waals surface area contributed by atoms with E-state index in [-0.39, 0.29) is 11.4 Å². The smallest absolute Gasteiger partial charge is 0.244 e. The van der Waals surface area contributed by atoms with Crippen molar-refractivity contribution in [2.45, 2.75) is 43.0 Å². The molecule has 1 heterocycles. The SMILES string of the molecule is CN(CC(=O)Nc1ccc(NC2CCCCC2)cc1)S(=O)(=O)c1cccnc1. The molecular formula is C20H26N4O3S. The molecule has 1 saturated carbocycles. The van der Waals surface area contributed by atoms with E-state index in [9.17, 15) is 13.2 Å². The number of rotatable bonds is 7. The van der Waals surface area contributed by atoms with Crippen molar-refractivity contribution in [1.29, 1.82) is 0 Å². The average Bonchev–Trinajstić information content (AvgIpc) is 2.71. The maximum atomic E-state index is 12.5. The van der Waals surface area contributed by atoms with E-state index in [1.165, 1.54) is 57.6 Å². The zero-order valence-electron chi connectivity index (χ0n) is 16.0. The van der Waals surface area contributed by atoms with Gasteiger partial charge >= 0.3 is 0 Å². The van der Waals surface area contributed by atoms with Gasteiger partial charge in [-0.3, -0.25) is 9.78 Å². The van der Waals surface area contributed by atoms with Gasteiger partial charge in [-0.1, -0.05) is 19.3 Å². The highest BCUT2D eigenvalue weighted by Crippen LogP contribution is 2.22.